The minimum Gasteiger partial charge on any atom is -0.315 e. The van der Waals surface area contributed by atoms with E-state index in [-0.39, 0.29) is 11.7 Å². The molecular weight excluding hydrogens is 467 g/mol. The topological polar surface area (TPSA) is 78.8 Å². The van der Waals surface area contributed by atoms with Gasteiger partial charge in [0.1, 0.15) is 0 Å². The van der Waals surface area contributed by atoms with Crippen molar-refractivity contribution in [2.75, 3.05) is 13.1 Å². The van der Waals surface area contributed by atoms with Gasteiger partial charge in [-0.1, -0.05) is 34.3 Å². The van der Waals surface area contributed by atoms with Crippen LogP contribution in [0.15, 0.2) is 52.1 Å². The van der Waals surface area contributed by atoms with Gasteiger partial charge in [-0.25, -0.2) is 9.59 Å². The lowest BCUT2D eigenvalue weighted by molar-refractivity contribution is 0.131. The van der Waals surface area contributed by atoms with Gasteiger partial charge >= 0.3 is 11.4 Å². The van der Waals surface area contributed by atoms with Crippen molar-refractivity contribution < 1.29 is 0 Å². The molecule has 1 saturated heterocycles. The molecule has 0 spiro atoms. The van der Waals surface area contributed by atoms with Gasteiger partial charge in [-0.3, -0.25) is 4.57 Å². The smallest absolute Gasteiger partial charge is 0.315 e. The van der Waals surface area contributed by atoms with Crippen LogP contribution in [0.25, 0.3) is 22.1 Å². The number of halogens is 1. The summed E-state index contributed by atoms with van der Waals surface area (Å²) < 4.78 is 2.78. The predicted octanol–water partition coefficient (Wildman–Crippen LogP) is 0.354. The summed E-state index contributed by atoms with van der Waals surface area (Å²) in [5.41, 5.74) is 1.49. The van der Waals surface area contributed by atoms with Crippen LogP contribution in [-0.4, -0.2) is 89.5 Å². The Labute approximate surface area is 220 Å². The standard InChI is InChI=1S/C22H18B6ClN5O2/c23-20(24,22(27,28)34-17-4-2-1-3-14(17)30-19(34)36)21(25,26)32-9-7-13(8-10-32)33-16-6-5-12(29)11-15(16)31-18(33)35/h1-6,11,13H,7-10H2,(H,30,36)(H,31,35). The van der Waals surface area contributed by atoms with Crippen LogP contribution in [-0.2, 0) is 5.34 Å². The van der Waals surface area contributed by atoms with E-state index in [9.17, 15) is 9.59 Å². The molecule has 1 aliphatic heterocycles. The molecule has 0 atom stereocenters. The lowest BCUT2D eigenvalue weighted by Gasteiger charge is -2.61. The van der Waals surface area contributed by atoms with E-state index in [0.717, 1.165) is 10.1 Å². The molecule has 3 heterocycles. The molecule has 168 valence electrons. The first-order valence-corrected chi connectivity index (χ1v) is 11.8. The summed E-state index contributed by atoms with van der Waals surface area (Å²) in [4.78, 5) is 32.6. The van der Waals surface area contributed by atoms with E-state index in [1.54, 1.807) is 51.9 Å². The minimum absolute atomic E-state index is 0.124. The molecule has 0 amide bonds. The van der Waals surface area contributed by atoms with Crippen molar-refractivity contribution in [1.82, 2.24) is 24.0 Å². The van der Waals surface area contributed by atoms with E-state index in [0.29, 0.717) is 47.5 Å². The van der Waals surface area contributed by atoms with Gasteiger partial charge in [0.15, 0.2) is 0 Å². The molecule has 4 aromatic rings. The fourth-order valence-electron chi connectivity index (χ4n) is 5.15. The first-order valence-electron chi connectivity index (χ1n) is 11.4. The van der Waals surface area contributed by atoms with Crippen LogP contribution in [0, 0.1) is 0 Å². The average molecular weight is 485 g/mol. The second kappa shape index (κ2) is 8.59. The van der Waals surface area contributed by atoms with Gasteiger partial charge in [0.05, 0.1) is 69.1 Å². The van der Waals surface area contributed by atoms with Crippen LogP contribution in [0.1, 0.15) is 18.9 Å². The largest absolute Gasteiger partial charge is 0.326 e. The third-order valence-electron chi connectivity index (χ3n) is 7.32. The van der Waals surface area contributed by atoms with E-state index < -0.39 is 21.6 Å². The number of nitrogens with zero attached hydrogens (tertiary/aromatic N) is 3. The normalized spacial score (nSPS) is 16.7. The second-order valence-corrected chi connectivity index (χ2v) is 9.92. The lowest BCUT2D eigenvalue weighted by atomic mass is 9.22. The maximum Gasteiger partial charge on any atom is 0.326 e. The Morgan fingerprint density at radius 1 is 0.806 bits per heavy atom. The Hall–Kier alpha value is -2.38. The Bertz CT molecular complexity index is 1560. The van der Waals surface area contributed by atoms with Crippen LogP contribution in [0.4, 0.5) is 0 Å². The fraction of sp³-hybridized carbons (Fsp3) is 0.364. The molecule has 1 aliphatic rings. The van der Waals surface area contributed by atoms with Gasteiger partial charge in [-0.15, -0.1) is 0 Å². The number of fused-ring (bicyclic) bond motifs is 2. The molecule has 0 unspecified atom stereocenters. The van der Waals surface area contributed by atoms with Crippen molar-refractivity contribution in [3.63, 3.8) is 0 Å². The zero-order valence-corrected chi connectivity index (χ0v) is 20.2. The number of piperidine rings is 1. The number of para-hydroxylation sites is 2. The predicted molar refractivity (Wildman–Crippen MR) is 148 cm³/mol. The van der Waals surface area contributed by atoms with Crippen LogP contribution in [0.3, 0.4) is 0 Å². The van der Waals surface area contributed by atoms with E-state index >= 15 is 0 Å². The van der Waals surface area contributed by atoms with Gasteiger partial charge in [-0.05, 0) is 61.6 Å². The van der Waals surface area contributed by atoms with Crippen LogP contribution >= 0.6 is 11.6 Å². The first-order chi connectivity index (χ1) is 16.9. The maximum absolute atomic E-state index is 12.8. The van der Waals surface area contributed by atoms with Gasteiger partial charge in [-0.2, -0.15) is 0 Å². The molecule has 2 aromatic heterocycles. The summed E-state index contributed by atoms with van der Waals surface area (Å²) in [7, 11) is 38.9. The summed E-state index contributed by atoms with van der Waals surface area (Å²) in [6, 6.07) is 12.0. The lowest BCUT2D eigenvalue weighted by Crippen LogP contribution is -2.69. The van der Waals surface area contributed by atoms with Gasteiger partial charge < -0.3 is 19.4 Å². The molecule has 2 aromatic carbocycles. The van der Waals surface area contributed by atoms with E-state index in [4.69, 9.17) is 58.7 Å². The third-order valence-corrected chi connectivity index (χ3v) is 7.55. The average Bonchev–Trinajstić information content (AvgIpc) is 3.33. The first kappa shape index (κ1) is 25.3. The highest BCUT2D eigenvalue weighted by Crippen LogP contribution is 2.45. The van der Waals surface area contributed by atoms with E-state index in [2.05, 4.69) is 9.97 Å². The number of nitrogens with one attached hydrogen (secondary N) is 2. The number of hydrogen-bond donors (Lipinski definition) is 2. The molecule has 5 rings (SSSR count). The minimum atomic E-state index is -2.17. The Kier molecular flexibility index (Phi) is 6.03. The molecule has 1 fully saturated rings. The second-order valence-electron chi connectivity index (χ2n) is 9.48. The van der Waals surface area contributed by atoms with Crippen molar-refractivity contribution >= 4 is 80.7 Å². The highest BCUT2D eigenvalue weighted by molar-refractivity contribution is 6.60. The summed E-state index contributed by atoms with van der Waals surface area (Å²) in [6.07, 6.45) is 1.05. The monoisotopic (exact) mass is 485 g/mol. The highest BCUT2D eigenvalue weighted by Gasteiger charge is 2.50. The van der Waals surface area contributed by atoms with Gasteiger partial charge in [0, 0.05) is 11.1 Å². The zero-order chi connectivity index (χ0) is 26.0. The van der Waals surface area contributed by atoms with Crippen LogP contribution in [0.5, 0.6) is 0 Å². The van der Waals surface area contributed by atoms with Crippen LogP contribution < -0.4 is 11.4 Å². The Balaban J connectivity index is 1.42. The maximum atomic E-state index is 12.8. The zero-order valence-electron chi connectivity index (χ0n) is 19.4. The number of aromatic nitrogens is 4. The fourth-order valence-corrected chi connectivity index (χ4v) is 5.32. The van der Waals surface area contributed by atoms with Crippen molar-refractivity contribution in [1.29, 1.82) is 0 Å². The van der Waals surface area contributed by atoms with E-state index in [1.165, 1.54) is 0 Å². The van der Waals surface area contributed by atoms with Crippen molar-refractivity contribution in [2.45, 2.75) is 34.8 Å². The van der Waals surface area contributed by atoms with Gasteiger partial charge in [0.25, 0.3) is 0 Å². The summed E-state index contributed by atoms with van der Waals surface area (Å²) in [5, 5.41) is -5.73. The summed E-state index contributed by atoms with van der Waals surface area (Å²) >= 11 is 6.06. The number of hydrogen-bond acceptors (Lipinski definition) is 3. The van der Waals surface area contributed by atoms with Crippen LogP contribution in [0.2, 0.25) is 10.2 Å². The molecule has 0 aliphatic carbocycles. The number of aromatic amines is 2. The quantitative estimate of drug-likeness (QED) is 0.402. The molecule has 12 radical (unpaired) electrons. The molecule has 14 heteroatoms. The molecule has 36 heavy (non-hydrogen) atoms. The van der Waals surface area contributed by atoms with Crippen molar-refractivity contribution in [3.05, 3.63) is 68.5 Å². The molecule has 7 nitrogen and oxygen atoms in total. The Morgan fingerprint density at radius 2 is 1.44 bits per heavy atom. The highest BCUT2D eigenvalue weighted by atomic mass is 35.5. The number of H-pyrrole nitrogens is 2. The molecular formula is C22H18B6ClN5O2. The van der Waals surface area contributed by atoms with E-state index in [1.807, 2.05) is 0 Å². The molecule has 0 bridgehead atoms. The van der Waals surface area contributed by atoms with Gasteiger partial charge in [0.2, 0.25) is 0 Å². The molecule has 0 saturated carbocycles. The number of imidazole rings is 2. The third kappa shape index (κ3) is 3.69. The summed E-state index contributed by atoms with van der Waals surface area (Å²) in [6.45, 7) is 0.693. The Morgan fingerprint density at radius 3 is 2.14 bits per heavy atom. The molecule has 2 N–H and O–H groups in total. The number of rotatable bonds is 5. The van der Waals surface area contributed by atoms with Crippen molar-refractivity contribution in [2.24, 2.45) is 0 Å². The van der Waals surface area contributed by atoms with Crippen molar-refractivity contribution in [3.8, 4) is 0 Å². The SMILES string of the molecule is [B]C([B])(N1CCC(n2c(=O)[nH]c3cc(Cl)ccc32)CC1)C([B])([B])C([B])([B])n1c(=O)[nH]c2ccccc21. The number of likely N-dealkylation sites (tertiary alicyclic amines) is 1. The number of benzene rings is 2. The summed E-state index contributed by atoms with van der Waals surface area (Å²) in [5.74, 6) is 0.